The summed E-state index contributed by atoms with van der Waals surface area (Å²) >= 11 is 9.73. The standard InChI is InChI=1S/C30H24BrClN2O3/c1-3-36-28-15-20(13-23(17-33)30(35)34-24-12-11-19(2)27(32)16-24)14-26(31)29(28)37-18-22-9-6-8-21-7-4-5-10-25(21)22/h4-16H,3,18H2,1-2H3,(H,34,35)/b23-13-. The minimum absolute atomic E-state index is 0.0598. The fourth-order valence-electron chi connectivity index (χ4n) is 3.83. The summed E-state index contributed by atoms with van der Waals surface area (Å²) in [7, 11) is 0. The molecule has 0 atom stereocenters. The minimum Gasteiger partial charge on any atom is -0.490 e. The summed E-state index contributed by atoms with van der Waals surface area (Å²) in [5.41, 5.74) is 3.01. The molecule has 1 N–H and O–H groups in total. The quantitative estimate of drug-likeness (QED) is 0.170. The fourth-order valence-corrected chi connectivity index (χ4v) is 4.58. The molecule has 0 saturated carbocycles. The zero-order valence-corrected chi connectivity index (χ0v) is 22.7. The minimum atomic E-state index is -0.534. The van der Waals surface area contributed by atoms with Crippen molar-refractivity contribution in [1.29, 1.82) is 5.26 Å². The number of aryl methyl sites for hydroxylation is 1. The van der Waals surface area contributed by atoms with Crippen LogP contribution in [0.1, 0.15) is 23.6 Å². The first-order chi connectivity index (χ1) is 17.9. The van der Waals surface area contributed by atoms with Gasteiger partial charge in [0, 0.05) is 10.7 Å². The van der Waals surface area contributed by atoms with Gasteiger partial charge in [-0.3, -0.25) is 4.79 Å². The molecule has 0 fully saturated rings. The smallest absolute Gasteiger partial charge is 0.266 e. The molecule has 0 bridgehead atoms. The predicted octanol–water partition coefficient (Wildman–Crippen LogP) is 8.09. The van der Waals surface area contributed by atoms with Crippen molar-refractivity contribution in [2.45, 2.75) is 20.5 Å². The van der Waals surface area contributed by atoms with Crippen LogP contribution in [0.4, 0.5) is 5.69 Å². The second kappa shape index (κ2) is 12.0. The van der Waals surface area contributed by atoms with E-state index in [4.69, 9.17) is 21.1 Å². The second-order valence-electron chi connectivity index (χ2n) is 8.28. The topological polar surface area (TPSA) is 71.3 Å². The number of nitrogens with one attached hydrogen (secondary N) is 1. The number of benzene rings is 4. The van der Waals surface area contributed by atoms with Crippen LogP contribution in [0.3, 0.4) is 0 Å². The lowest BCUT2D eigenvalue weighted by atomic mass is 10.1. The van der Waals surface area contributed by atoms with Gasteiger partial charge in [0.25, 0.3) is 5.91 Å². The Kier molecular flexibility index (Phi) is 8.50. The molecule has 0 spiro atoms. The summed E-state index contributed by atoms with van der Waals surface area (Å²) in [6.45, 7) is 4.52. The lowest BCUT2D eigenvalue weighted by molar-refractivity contribution is -0.112. The highest BCUT2D eigenvalue weighted by Crippen LogP contribution is 2.38. The molecule has 0 aliphatic rings. The largest absolute Gasteiger partial charge is 0.490 e. The average molecular weight is 576 g/mol. The van der Waals surface area contributed by atoms with Crippen LogP contribution in [0.25, 0.3) is 16.8 Å². The predicted molar refractivity (Wildman–Crippen MR) is 152 cm³/mol. The fraction of sp³-hybridized carbons (Fsp3) is 0.133. The van der Waals surface area contributed by atoms with Crippen molar-refractivity contribution in [3.63, 3.8) is 0 Å². The van der Waals surface area contributed by atoms with Crippen molar-refractivity contribution in [1.82, 2.24) is 0 Å². The summed E-state index contributed by atoms with van der Waals surface area (Å²) in [6.07, 6.45) is 1.51. The summed E-state index contributed by atoms with van der Waals surface area (Å²) in [5.74, 6) is 0.517. The van der Waals surface area contributed by atoms with E-state index >= 15 is 0 Å². The Labute approximate surface area is 229 Å². The first-order valence-electron chi connectivity index (χ1n) is 11.6. The van der Waals surface area contributed by atoms with E-state index in [0.29, 0.717) is 45.5 Å². The average Bonchev–Trinajstić information content (AvgIpc) is 2.89. The zero-order chi connectivity index (χ0) is 26.4. The van der Waals surface area contributed by atoms with Crippen LogP contribution in [0.2, 0.25) is 5.02 Å². The number of halogens is 2. The molecule has 5 nitrogen and oxygen atoms in total. The maximum absolute atomic E-state index is 12.8. The van der Waals surface area contributed by atoms with E-state index in [0.717, 1.165) is 21.9 Å². The van der Waals surface area contributed by atoms with Gasteiger partial charge in [-0.2, -0.15) is 5.26 Å². The monoisotopic (exact) mass is 574 g/mol. The van der Waals surface area contributed by atoms with E-state index in [2.05, 4.69) is 39.4 Å². The third-order valence-corrected chi connectivity index (χ3v) is 6.69. The van der Waals surface area contributed by atoms with Gasteiger partial charge in [0.1, 0.15) is 18.2 Å². The van der Waals surface area contributed by atoms with Gasteiger partial charge in [-0.15, -0.1) is 0 Å². The van der Waals surface area contributed by atoms with Crippen molar-refractivity contribution in [3.8, 4) is 17.6 Å². The maximum Gasteiger partial charge on any atom is 0.266 e. The van der Waals surface area contributed by atoms with Gasteiger partial charge in [-0.1, -0.05) is 60.1 Å². The van der Waals surface area contributed by atoms with Gasteiger partial charge in [0.15, 0.2) is 11.5 Å². The molecule has 0 unspecified atom stereocenters. The Morgan fingerprint density at radius 1 is 1.08 bits per heavy atom. The van der Waals surface area contributed by atoms with Crippen LogP contribution in [-0.2, 0) is 11.4 Å². The number of nitrogens with zero attached hydrogens (tertiary/aromatic N) is 1. The Bertz CT molecular complexity index is 1540. The third kappa shape index (κ3) is 6.32. The van der Waals surface area contributed by atoms with Gasteiger partial charge >= 0.3 is 0 Å². The van der Waals surface area contributed by atoms with E-state index in [9.17, 15) is 10.1 Å². The number of amides is 1. The van der Waals surface area contributed by atoms with Gasteiger partial charge in [-0.05, 0) is 87.6 Å². The molecular weight excluding hydrogens is 552 g/mol. The normalized spacial score (nSPS) is 11.2. The molecule has 0 aromatic heterocycles. The third-order valence-electron chi connectivity index (χ3n) is 5.69. The number of carbonyl (C=O) groups excluding carboxylic acids is 1. The van der Waals surface area contributed by atoms with Crippen LogP contribution in [0.5, 0.6) is 11.5 Å². The van der Waals surface area contributed by atoms with E-state index in [1.165, 1.54) is 6.08 Å². The lowest BCUT2D eigenvalue weighted by Gasteiger charge is -2.16. The van der Waals surface area contributed by atoms with Crippen LogP contribution in [0.15, 0.2) is 82.8 Å². The van der Waals surface area contributed by atoms with Crippen molar-refractivity contribution < 1.29 is 14.3 Å². The molecule has 186 valence electrons. The molecule has 0 aliphatic heterocycles. The Morgan fingerprint density at radius 3 is 2.62 bits per heavy atom. The van der Waals surface area contributed by atoms with Crippen LogP contribution < -0.4 is 14.8 Å². The van der Waals surface area contributed by atoms with E-state index in [-0.39, 0.29) is 5.57 Å². The molecule has 0 heterocycles. The van der Waals surface area contributed by atoms with Crippen molar-refractivity contribution in [2.24, 2.45) is 0 Å². The summed E-state index contributed by atoms with van der Waals surface area (Å²) in [6, 6.07) is 25.0. The molecule has 0 saturated heterocycles. The number of anilines is 1. The number of nitriles is 1. The van der Waals surface area contributed by atoms with Crippen molar-refractivity contribution >= 4 is 56.0 Å². The molecule has 37 heavy (non-hydrogen) atoms. The number of hydrogen-bond acceptors (Lipinski definition) is 4. The van der Waals surface area contributed by atoms with Crippen molar-refractivity contribution in [3.05, 3.63) is 105 Å². The van der Waals surface area contributed by atoms with E-state index in [1.807, 2.05) is 44.2 Å². The number of carbonyl (C=O) groups is 1. The van der Waals surface area contributed by atoms with E-state index in [1.54, 1.807) is 30.3 Å². The number of hydrogen-bond donors (Lipinski definition) is 1. The molecule has 4 rings (SSSR count). The van der Waals surface area contributed by atoms with Gasteiger partial charge in [-0.25, -0.2) is 0 Å². The molecule has 4 aromatic rings. The van der Waals surface area contributed by atoms with Gasteiger partial charge < -0.3 is 14.8 Å². The Balaban J connectivity index is 1.59. The summed E-state index contributed by atoms with van der Waals surface area (Å²) < 4.78 is 12.7. The first-order valence-corrected chi connectivity index (χ1v) is 12.8. The highest BCUT2D eigenvalue weighted by molar-refractivity contribution is 9.10. The highest BCUT2D eigenvalue weighted by Gasteiger charge is 2.15. The maximum atomic E-state index is 12.8. The molecular formula is C30H24BrClN2O3. The van der Waals surface area contributed by atoms with Gasteiger partial charge in [0.05, 0.1) is 11.1 Å². The van der Waals surface area contributed by atoms with Crippen LogP contribution >= 0.6 is 27.5 Å². The SMILES string of the molecule is CCOc1cc(/C=C(/C#N)C(=O)Nc2ccc(C)c(Cl)c2)cc(Br)c1OCc1cccc2ccccc12. The molecule has 4 aromatic carbocycles. The number of rotatable bonds is 8. The lowest BCUT2D eigenvalue weighted by Crippen LogP contribution is -2.13. The molecule has 0 aliphatic carbocycles. The van der Waals surface area contributed by atoms with E-state index < -0.39 is 5.91 Å². The Morgan fingerprint density at radius 2 is 1.86 bits per heavy atom. The summed E-state index contributed by atoms with van der Waals surface area (Å²) in [4.78, 5) is 12.8. The van der Waals surface area contributed by atoms with Gasteiger partial charge in [0.2, 0.25) is 0 Å². The van der Waals surface area contributed by atoms with Crippen LogP contribution in [0, 0.1) is 18.3 Å². The molecule has 0 radical (unpaired) electrons. The molecule has 7 heteroatoms. The zero-order valence-electron chi connectivity index (χ0n) is 20.3. The summed E-state index contributed by atoms with van der Waals surface area (Å²) in [5, 5.41) is 15.2. The Hall–Kier alpha value is -3.79. The molecule has 1 amide bonds. The van der Waals surface area contributed by atoms with Crippen molar-refractivity contribution in [2.75, 3.05) is 11.9 Å². The first kappa shape index (κ1) is 26.3. The number of ether oxygens (including phenoxy) is 2. The highest BCUT2D eigenvalue weighted by atomic mass is 79.9. The number of fused-ring (bicyclic) bond motifs is 1. The van der Waals surface area contributed by atoms with Crippen LogP contribution in [-0.4, -0.2) is 12.5 Å². The second-order valence-corrected chi connectivity index (χ2v) is 9.54.